The molecule has 0 bridgehead atoms. The number of sulfonamides is 1. The third-order valence-corrected chi connectivity index (χ3v) is 5.19. The van der Waals surface area contributed by atoms with Crippen molar-refractivity contribution in [3.05, 3.63) is 35.7 Å². The van der Waals surface area contributed by atoms with E-state index < -0.39 is 15.6 Å². The Morgan fingerprint density at radius 1 is 1.30 bits per heavy atom. The molecule has 6 heteroatoms. The molecule has 1 fully saturated rings. The van der Waals surface area contributed by atoms with Crippen LogP contribution in [-0.4, -0.2) is 37.7 Å². The summed E-state index contributed by atoms with van der Waals surface area (Å²) in [7, 11) is -3.14. The van der Waals surface area contributed by atoms with Gasteiger partial charge in [0.05, 0.1) is 6.26 Å². The third-order valence-electron chi connectivity index (χ3n) is 3.89. The van der Waals surface area contributed by atoms with Gasteiger partial charge >= 0.3 is 0 Å². The third kappa shape index (κ3) is 2.45. The molecule has 108 valence electrons. The fraction of sp³-hybridized carbons (Fsp3) is 0.429. The van der Waals surface area contributed by atoms with Crippen LogP contribution in [0.4, 0.5) is 4.39 Å². The maximum atomic E-state index is 13.1. The van der Waals surface area contributed by atoms with Crippen molar-refractivity contribution in [1.82, 2.24) is 4.31 Å². The number of halogens is 1. The molecule has 0 unspecified atom stereocenters. The molecule has 0 N–H and O–H groups in total. The largest absolute Gasteiger partial charge is 0.482 e. The SMILES string of the molecule is CS(=O)(=O)N1CCC2(C=Cc3cc(F)ccc3O2)CC1. The van der Waals surface area contributed by atoms with Crippen LogP contribution in [0.15, 0.2) is 24.3 Å². The van der Waals surface area contributed by atoms with Gasteiger partial charge in [-0.2, -0.15) is 0 Å². The summed E-state index contributed by atoms with van der Waals surface area (Å²) in [4.78, 5) is 0. The van der Waals surface area contributed by atoms with Crippen LogP contribution < -0.4 is 4.74 Å². The summed E-state index contributed by atoms with van der Waals surface area (Å²) >= 11 is 0. The first-order chi connectivity index (χ1) is 9.38. The van der Waals surface area contributed by atoms with Crippen LogP contribution in [-0.2, 0) is 10.0 Å². The predicted octanol–water partition coefficient (Wildman–Crippen LogP) is 2.03. The van der Waals surface area contributed by atoms with Crippen molar-refractivity contribution in [3.63, 3.8) is 0 Å². The van der Waals surface area contributed by atoms with Crippen LogP contribution in [0, 0.1) is 5.82 Å². The van der Waals surface area contributed by atoms with Gasteiger partial charge in [0.25, 0.3) is 0 Å². The highest BCUT2D eigenvalue weighted by Gasteiger charge is 2.38. The summed E-state index contributed by atoms with van der Waals surface area (Å²) < 4.78 is 43.7. The van der Waals surface area contributed by atoms with Gasteiger partial charge in [-0.15, -0.1) is 0 Å². The van der Waals surface area contributed by atoms with Crippen LogP contribution >= 0.6 is 0 Å². The Kier molecular flexibility index (Phi) is 3.10. The first-order valence-electron chi connectivity index (χ1n) is 6.51. The summed E-state index contributed by atoms with van der Waals surface area (Å²) in [6, 6.07) is 4.43. The standard InChI is InChI=1S/C14H16FNO3S/c1-20(17,18)16-8-6-14(7-9-16)5-4-11-10-12(15)2-3-13(11)19-14/h2-5,10H,6-9H2,1H3. The van der Waals surface area contributed by atoms with Crippen LogP contribution in [0.3, 0.4) is 0 Å². The van der Waals surface area contributed by atoms with Gasteiger partial charge in [-0.3, -0.25) is 0 Å². The summed E-state index contributed by atoms with van der Waals surface area (Å²) in [5.74, 6) is 0.363. The smallest absolute Gasteiger partial charge is 0.211 e. The Labute approximate surface area is 117 Å². The summed E-state index contributed by atoms with van der Waals surface area (Å²) in [6.07, 6.45) is 6.22. The van der Waals surface area contributed by atoms with E-state index in [0.29, 0.717) is 31.7 Å². The van der Waals surface area contributed by atoms with E-state index in [2.05, 4.69) is 0 Å². The average Bonchev–Trinajstić information content (AvgIpc) is 2.39. The van der Waals surface area contributed by atoms with Crippen LogP contribution in [0.2, 0.25) is 0 Å². The molecular weight excluding hydrogens is 281 g/mol. The number of ether oxygens (including phenoxy) is 1. The first-order valence-corrected chi connectivity index (χ1v) is 8.36. The summed E-state index contributed by atoms with van der Waals surface area (Å²) in [5, 5.41) is 0. The normalized spacial score (nSPS) is 21.5. The monoisotopic (exact) mass is 297 g/mol. The van der Waals surface area contributed by atoms with Gasteiger partial charge < -0.3 is 4.74 Å². The lowest BCUT2D eigenvalue weighted by atomic mass is 9.89. The maximum absolute atomic E-state index is 13.1. The molecule has 1 spiro atoms. The van der Waals surface area contributed by atoms with Gasteiger partial charge in [-0.05, 0) is 24.3 Å². The summed E-state index contributed by atoms with van der Waals surface area (Å²) in [6.45, 7) is 0.888. The number of benzene rings is 1. The molecule has 0 saturated carbocycles. The topological polar surface area (TPSA) is 46.6 Å². The maximum Gasteiger partial charge on any atom is 0.211 e. The van der Waals surface area contributed by atoms with Gasteiger partial charge in [-0.1, -0.05) is 6.08 Å². The predicted molar refractivity (Wildman–Crippen MR) is 74.4 cm³/mol. The minimum absolute atomic E-state index is 0.292. The van der Waals surface area contributed by atoms with Gasteiger partial charge in [0.15, 0.2) is 0 Å². The van der Waals surface area contributed by atoms with Gasteiger partial charge in [0, 0.05) is 31.5 Å². The second-order valence-electron chi connectivity index (χ2n) is 5.34. The van der Waals surface area contributed by atoms with Crippen LogP contribution in [0.5, 0.6) is 5.75 Å². The van der Waals surface area contributed by atoms with Crippen molar-refractivity contribution < 1.29 is 17.5 Å². The molecule has 0 atom stereocenters. The Hall–Kier alpha value is -1.40. The van der Waals surface area contributed by atoms with Crippen molar-refractivity contribution in [2.45, 2.75) is 18.4 Å². The number of nitrogens with zero attached hydrogens (tertiary/aromatic N) is 1. The minimum atomic E-state index is -3.14. The van der Waals surface area contributed by atoms with E-state index in [1.54, 1.807) is 6.07 Å². The molecule has 2 aliphatic heterocycles. The van der Waals surface area contributed by atoms with Crippen molar-refractivity contribution >= 4 is 16.1 Å². The molecule has 0 aromatic heterocycles. The number of rotatable bonds is 1. The summed E-state index contributed by atoms with van der Waals surface area (Å²) in [5.41, 5.74) is 0.257. The molecule has 1 aromatic carbocycles. The lowest BCUT2D eigenvalue weighted by Crippen LogP contribution is -2.49. The lowest BCUT2D eigenvalue weighted by molar-refractivity contribution is 0.0621. The molecule has 4 nitrogen and oxygen atoms in total. The Morgan fingerprint density at radius 3 is 2.65 bits per heavy atom. The Balaban J connectivity index is 1.80. The number of hydrogen-bond acceptors (Lipinski definition) is 3. The van der Waals surface area contributed by atoms with Crippen molar-refractivity contribution in [2.75, 3.05) is 19.3 Å². The molecule has 0 radical (unpaired) electrons. The zero-order valence-corrected chi connectivity index (χ0v) is 12.0. The molecule has 20 heavy (non-hydrogen) atoms. The fourth-order valence-corrected chi connectivity index (χ4v) is 3.55. The highest BCUT2D eigenvalue weighted by Crippen LogP contribution is 2.37. The molecule has 3 rings (SSSR count). The van der Waals surface area contributed by atoms with Crippen molar-refractivity contribution in [1.29, 1.82) is 0 Å². The van der Waals surface area contributed by atoms with Gasteiger partial charge in [-0.25, -0.2) is 17.1 Å². The highest BCUT2D eigenvalue weighted by atomic mass is 32.2. The van der Waals surface area contributed by atoms with Gasteiger partial charge in [0.1, 0.15) is 17.2 Å². The molecule has 0 aliphatic carbocycles. The second kappa shape index (κ2) is 4.56. The first kappa shape index (κ1) is 13.6. The molecular formula is C14H16FNO3S. The highest BCUT2D eigenvalue weighted by molar-refractivity contribution is 7.88. The van der Waals surface area contributed by atoms with E-state index in [-0.39, 0.29) is 5.82 Å². The minimum Gasteiger partial charge on any atom is -0.482 e. The van der Waals surface area contributed by atoms with Gasteiger partial charge in [0.2, 0.25) is 10.0 Å². The lowest BCUT2D eigenvalue weighted by Gasteiger charge is -2.41. The van der Waals surface area contributed by atoms with Crippen molar-refractivity contribution in [3.8, 4) is 5.75 Å². The van der Waals surface area contributed by atoms with Crippen LogP contribution in [0.25, 0.3) is 6.08 Å². The molecule has 0 amide bonds. The van der Waals surface area contributed by atoms with E-state index in [1.807, 2.05) is 12.2 Å². The zero-order chi connectivity index (χ0) is 14.4. The number of fused-ring (bicyclic) bond motifs is 1. The second-order valence-corrected chi connectivity index (χ2v) is 7.33. The molecule has 1 saturated heterocycles. The average molecular weight is 297 g/mol. The fourth-order valence-electron chi connectivity index (χ4n) is 2.70. The zero-order valence-electron chi connectivity index (χ0n) is 11.2. The van der Waals surface area contributed by atoms with E-state index in [0.717, 1.165) is 5.56 Å². The van der Waals surface area contributed by atoms with E-state index in [4.69, 9.17) is 4.74 Å². The Morgan fingerprint density at radius 2 is 2.00 bits per heavy atom. The molecule has 2 aliphatic rings. The molecule has 2 heterocycles. The number of piperidine rings is 1. The van der Waals surface area contributed by atoms with E-state index in [9.17, 15) is 12.8 Å². The van der Waals surface area contributed by atoms with Crippen LogP contribution in [0.1, 0.15) is 18.4 Å². The van der Waals surface area contributed by atoms with Crippen molar-refractivity contribution in [2.24, 2.45) is 0 Å². The quantitative estimate of drug-likeness (QED) is 0.797. The Bertz CT molecular complexity index is 661. The van der Waals surface area contributed by atoms with E-state index in [1.165, 1.54) is 22.7 Å². The molecule has 1 aromatic rings. The number of hydrogen-bond donors (Lipinski definition) is 0. The van der Waals surface area contributed by atoms with E-state index >= 15 is 0 Å².